The first-order valence-corrected chi connectivity index (χ1v) is 5.59. The average molecular weight is 221 g/mol. The van der Waals surface area contributed by atoms with Gasteiger partial charge in [0.1, 0.15) is 0 Å². The largest absolute Gasteiger partial charge is 0.465 e. The zero-order valence-electron chi connectivity index (χ0n) is 10.4. The fourth-order valence-electron chi connectivity index (χ4n) is 1.81. The number of rotatable bonds is 1. The van der Waals surface area contributed by atoms with Crippen molar-refractivity contribution in [3.63, 3.8) is 0 Å². The lowest BCUT2D eigenvalue weighted by molar-refractivity contribution is 0.0600. The summed E-state index contributed by atoms with van der Waals surface area (Å²) in [4.78, 5) is 13.5. The van der Waals surface area contributed by atoms with Crippen LogP contribution in [-0.4, -0.2) is 25.0 Å². The Balaban J connectivity index is 0.000000606. The Morgan fingerprint density at radius 1 is 1.25 bits per heavy atom. The molecule has 1 aromatic carbocycles. The van der Waals surface area contributed by atoms with Crippen molar-refractivity contribution >= 4 is 5.97 Å². The average Bonchev–Trinajstić information content (AvgIpc) is 2.69. The molecule has 3 nitrogen and oxygen atoms in total. The number of fused-ring (bicyclic) bond motifs is 1. The number of hydrogen-bond acceptors (Lipinski definition) is 3. The van der Waals surface area contributed by atoms with Gasteiger partial charge in [-0.05, 0) is 30.3 Å². The molecule has 0 saturated heterocycles. The molecule has 0 bridgehead atoms. The first kappa shape index (κ1) is 12.7. The number of carbonyl (C=O) groups excluding carboxylic acids is 1. The molecule has 88 valence electrons. The van der Waals surface area contributed by atoms with Crippen molar-refractivity contribution in [1.29, 1.82) is 0 Å². The number of methoxy groups -OCH3 is 1. The summed E-state index contributed by atoms with van der Waals surface area (Å²) >= 11 is 0. The monoisotopic (exact) mass is 221 g/mol. The third-order valence-electron chi connectivity index (χ3n) is 2.51. The van der Waals surface area contributed by atoms with E-state index >= 15 is 0 Å². The van der Waals surface area contributed by atoms with Crippen LogP contribution in [0.2, 0.25) is 0 Å². The summed E-state index contributed by atoms with van der Waals surface area (Å²) in [5.74, 6) is -0.262. The fraction of sp³-hybridized carbons (Fsp3) is 0.462. The van der Waals surface area contributed by atoms with E-state index in [1.165, 1.54) is 18.2 Å². The van der Waals surface area contributed by atoms with Gasteiger partial charge in [-0.25, -0.2) is 4.79 Å². The smallest absolute Gasteiger partial charge is 0.337 e. The standard InChI is InChI=1S/C11H13NO2.C2H6/c1-12-6-9-4-3-8(11(13)14-2)5-10(9)7-12;1-2/h3-5H,6-7H2,1-2H3;1-2H3. The maximum Gasteiger partial charge on any atom is 0.337 e. The highest BCUT2D eigenvalue weighted by Crippen LogP contribution is 2.22. The summed E-state index contributed by atoms with van der Waals surface area (Å²) in [6, 6.07) is 5.75. The van der Waals surface area contributed by atoms with Crippen LogP contribution in [0.3, 0.4) is 0 Å². The minimum atomic E-state index is -0.262. The molecule has 3 heteroatoms. The Labute approximate surface area is 97.0 Å². The van der Waals surface area contributed by atoms with E-state index in [4.69, 9.17) is 0 Å². The van der Waals surface area contributed by atoms with Crippen LogP contribution < -0.4 is 0 Å². The van der Waals surface area contributed by atoms with E-state index in [9.17, 15) is 4.79 Å². The van der Waals surface area contributed by atoms with Crippen molar-refractivity contribution in [3.05, 3.63) is 34.9 Å². The zero-order chi connectivity index (χ0) is 12.1. The number of benzene rings is 1. The van der Waals surface area contributed by atoms with E-state index in [0.29, 0.717) is 5.56 Å². The van der Waals surface area contributed by atoms with Gasteiger partial charge < -0.3 is 4.74 Å². The van der Waals surface area contributed by atoms with Crippen LogP contribution in [0.25, 0.3) is 0 Å². The second-order valence-electron chi connectivity index (χ2n) is 3.65. The highest BCUT2D eigenvalue weighted by molar-refractivity contribution is 5.89. The normalized spacial score (nSPS) is 13.8. The summed E-state index contributed by atoms with van der Waals surface area (Å²) in [7, 11) is 3.47. The Hall–Kier alpha value is -1.35. The van der Waals surface area contributed by atoms with E-state index in [1.54, 1.807) is 0 Å². The van der Waals surface area contributed by atoms with Gasteiger partial charge in [0.2, 0.25) is 0 Å². The van der Waals surface area contributed by atoms with Crippen molar-refractivity contribution in [3.8, 4) is 0 Å². The van der Waals surface area contributed by atoms with Crippen LogP contribution in [0.15, 0.2) is 18.2 Å². The summed E-state index contributed by atoms with van der Waals surface area (Å²) < 4.78 is 4.67. The molecule has 16 heavy (non-hydrogen) atoms. The number of nitrogens with zero attached hydrogens (tertiary/aromatic N) is 1. The lowest BCUT2D eigenvalue weighted by Crippen LogP contribution is -2.07. The lowest BCUT2D eigenvalue weighted by Gasteiger charge is -2.02. The Bertz CT molecular complexity index is 374. The highest BCUT2D eigenvalue weighted by Gasteiger charge is 2.17. The van der Waals surface area contributed by atoms with E-state index in [-0.39, 0.29) is 5.97 Å². The molecule has 0 saturated carbocycles. The summed E-state index contributed by atoms with van der Waals surface area (Å²) in [6.07, 6.45) is 0. The fourth-order valence-corrected chi connectivity index (χ4v) is 1.81. The van der Waals surface area contributed by atoms with Crippen molar-refractivity contribution in [1.82, 2.24) is 4.90 Å². The molecule has 0 N–H and O–H groups in total. The van der Waals surface area contributed by atoms with Crippen LogP contribution in [0.1, 0.15) is 35.3 Å². The second kappa shape index (κ2) is 5.66. The molecule has 0 radical (unpaired) electrons. The zero-order valence-corrected chi connectivity index (χ0v) is 10.4. The Morgan fingerprint density at radius 2 is 1.88 bits per heavy atom. The molecule has 1 aliphatic heterocycles. The Kier molecular flexibility index (Phi) is 4.50. The van der Waals surface area contributed by atoms with Crippen LogP contribution in [0.5, 0.6) is 0 Å². The molecule has 1 heterocycles. The van der Waals surface area contributed by atoms with Crippen LogP contribution in [0.4, 0.5) is 0 Å². The molecular formula is C13H19NO2. The lowest BCUT2D eigenvalue weighted by atomic mass is 10.1. The van der Waals surface area contributed by atoms with Gasteiger partial charge in [-0.3, -0.25) is 4.90 Å². The minimum absolute atomic E-state index is 0.262. The molecule has 0 spiro atoms. The van der Waals surface area contributed by atoms with Crippen molar-refractivity contribution in [2.45, 2.75) is 26.9 Å². The van der Waals surface area contributed by atoms with Gasteiger partial charge in [0, 0.05) is 13.1 Å². The maximum atomic E-state index is 11.3. The number of hydrogen-bond donors (Lipinski definition) is 0. The summed E-state index contributed by atoms with van der Waals surface area (Å²) in [5.41, 5.74) is 3.18. The first-order chi connectivity index (χ1) is 7.70. The Morgan fingerprint density at radius 3 is 2.50 bits per heavy atom. The van der Waals surface area contributed by atoms with E-state index < -0.39 is 0 Å². The van der Waals surface area contributed by atoms with E-state index in [0.717, 1.165) is 13.1 Å². The third-order valence-corrected chi connectivity index (χ3v) is 2.51. The molecule has 0 unspecified atom stereocenters. The van der Waals surface area contributed by atoms with Gasteiger partial charge in [-0.1, -0.05) is 19.9 Å². The molecule has 1 aromatic rings. The molecular weight excluding hydrogens is 202 g/mol. The molecule has 0 aliphatic carbocycles. The van der Waals surface area contributed by atoms with E-state index in [1.807, 2.05) is 32.0 Å². The molecule has 1 aliphatic rings. The van der Waals surface area contributed by atoms with E-state index in [2.05, 4.69) is 16.7 Å². The summed E-state index contributed by atoms with van der Waals surface area (Å²) in [5, 5.41) is 0. The minimum Gasteiger partial charge on any atom is -0.465 e. The van der Waals surface area contributed by atoms with Crippen molar-refractivity contribution < 1.29 is 9.53 Å². The summed E-state index contributed by atoms with van der Waals surface area (Å²) in [6.45, 7) is 5.89. The predicted molar refractivity (Wildman–Crippen MR) is 64.3 cm³/mol. The molecule has 0 fully saturated rings. The second-order valence-corrected chi connectivity index (χ2v) is 3.65. The predicted octanol–water partition coefficient (Wildman–Crippen LogP) is 2.44. The van der Waals surface area contributed by atoms with Crippen LogP contribution >= 0.6 is 0 Å². The topological polar surface area (TPSA) is 29.5 Å². The van der Waals surface area contributed by atoms with Gasteiger partial charge >= 0.3 is 5.97 Å². The third kappa shape index (κ3) is 2.61. The van der Waals surface area contributed by atoms with Crippen molar-refractivity contribution in [2.75, 3.05) is 14.2 Å². The van der Waals surface area contributed by atoms with Gasteiger partial charge in [0.25, 0.3) is 0 Å². The maximum absolute atomic E-state index is 11.3. The van der Waals surface area contributed by atoms with Gasteiger partial charge in [-0.2, -0.15) is 0 Å². The highest BCUT2D eigenvalue weighted by atomic mass is 16.5. The number of ether oxygens (including phenoxy) is 1. The van der Waals surface area contributed by atoms with Crippen LogP contribution in [0, 0.1) is 0 Å². The van der Waals surface area contributed by atoms with Crippen LogP contribution in [-0.2, 0) is 17.8 Å². The van der Waals surface area contributed by atoms with Gasteiger partial charge in [0.05, 0.1) is 12.7 Å². The van der Waals surface area contributed by atoms with Crippen molar-refractivity contribution in [2.24, 2.45) is 0 Å². The SMILES string of the molecule is CC.COC(=O)c1ccc2c(c1)CN(C)C2. The van der Waals surface area contributed by atoms with Gasteiger partial charge in [0.15, 0.2) is 0 Å². The molecule has 0 atom stereocenters. The number of carbonyl (C=O) groups is 1. The van der Waals surface area contributed by atoms with Gasteiger partial charge in [-0.15, -0.1) is 0 Å². The number of esters is 1. The first-order valence-electron chi connectivity index (χ1n) is 5.59. The molecule has 0 aromatic heterocycles. The molecule has 2 rings (SSSR count). The quantitative estimate of drug-likeness (QED) is 0.682. The molecule has 0 amide bonds.